The molecule has 0 unspecified atom stereocenters. The third-order valence-corrected chi connectivity index (χ3v) is 4.42. The van der Waals surface area contributed by atoms with Gasteiger partial charge in [0, 0.05) is 5.69 Å². The van der Waals surface area contributed by atoms with Crippen molar-refractivity contribution in [2.24, 2.45) is 0 Å². The largest absolute Gasteiger partial charge is 0.399 e. The summed E-state index contributed by atoms with van der Waals surface area (Å²) in [6, 6.07) is 15.4. The molecule has 0 saturated heterocycles. The second-order valence-corrected chi connectivity index (χ2v) is 6.09. The van der Waals surface area contributed by atoms with Crippen LogP contribution in [0.4, 0.5) is 5.69 Å². The summed E-state index contributed by atoms with van der Waals surface area (Å²) in [6.07, 6.45) is 6.91. The zero-order chi connectivity index (χ0) is 13.9. The average Bonchev–Trinajstić information content (AvgIpc) is 2.47. The molecule has 0 spiro atoms. The van der Waals surface area contributed by atoms with E-state index in [1.165, 1.54) is 54.4 Å². The molecule has 2 aromatic rings. The number of nitrogen functional groups attached to an aromatic ring is 1. The van der Waals surface area contributed by atoms with E-state index in [0.29, 0.717) is 0 Å². The number of aryl methyl sites for hydroxylation is 1. The number of rotatable bonds is 2. The Morgan fingerprint density at radius 1 is 0.850 bits per heavy atom. The van der Waals surface area contributed by atoms with Crippen molar-refractivity contribution in [2.75, 3.05) is 5.73 Å². The molecular formula is C19H23N. The maximum absolute atomic E-state index is 5.94. The van der Waals surface area contributed by atoms with E-state index in [1.807, 2.05) is 6.07 Å². The van der Waals surface area contributed by atoms with Crippen LogP contribution in [0.3, 0.4) is 0 Å². The third-order valence-electron chi connectivity index (χ3n) is 4.42. The highest BCUT2D eigenvalue weighted by Crippen LogP contribution is 2.33. The summed E-state index contributed by atoms with van der Waals surface area (Å²) >= 11 is 0. The van der Waals surface area contributed by atoms with Gasteiger partial charge in [0.05, 0.1) is 0 Å². The highest BCUT2D eigenvalue weighted by Gasteiger charge is 2.15. The molecule has 104 valence electrons. The van der Waals surface area contributed by atoms with Gasteiger partial charge >= 0.3 is 0 Å². The van der Waals surface area contributed by atoms with E-state index < -0.39 is 0 Å². The Hall–Kier alpha value is -1.76. The van der Waals surface area contributed by atoms with Crippen LogP contribution in [-0.4, -0.2) is 0 Å². The minimum absolute atomic E-state index is 0.778. The number of hydrogen-bond donors (Lipinski definition) is 1. The molecule has 1 aliphatic carbocycles. The Morgan fingerprint density at radius 2 is 1.55 bits per heavy atom. The maximum Gasteiger partial charge on any atom is 0.0322 e. The first-order valence-corrected chi connectivity index (χ1v) is 7.70. The normalized spacial score (nSPS) is 16.2. The van der Waals surface area contributed by atoms with Crippen molar-refractivity contribution in [1.29, 1.82) is 0 Å². The molecule has 1 aliphatic rings. The molecule has 2 N–H and O–H groups in total. The predicted molar refractivity (Wildman–Crippen MR) is 86.9 cm³/mol. The van der Waals surface area contributed by atoms with Crippen LogP contribution in [0.25, 0.3) is 11.1 Å². The monoisotopic (exact) mass is 265 g/mol. The smallest absolute Gasteiger partial charge is 0.0322 e. The van der Waals surface area contributed by atoms with Gasteiger partial charge in [0.2, 0.25) is 0 Å². The molecular weight excluding hydrogens is 242 g/mol. The van der Waals surface area contributed by atoms with Crippen molar-refractivity contribution < 1.29 is 0 Å². The zero-order valence-corrected chi connectivity index (χ0v) is 12.2. The average molecular weight is 265 g/mol. The molecule has 0 radical (unpaired) electrons. The van der Waals surface area contributed by atoms with Crippen LogP contribution in [0.15, 0.2) is 42.5 Å². The van der Waals surface area contributed by atoms with Crippen molar-refractivity contribution in [3.8, 4) is 11.1 Å². The summed E-state index contributed by atoms with van der Waals surface area (Å²) in [5.74, 6) is 0.778. The quantitative estimate of drug-likeness (QED) is 0.733. The van der Waals surface area contributed by atoms with Gasteiger partial charge in [-0.3, -0.25) is 0 Å². The Kier molecular flexibility index (Phi) is 3.77. The highest BCUT2D eigenvalue weighted by atomic mass is 14.5. The topological polar surface area (TPSA) is 26.0 Å². The van der Waals surface area contributed by atoms with E-state index >= 15 is 0 Å². The first-order valence-electron chi connectivity index (χ1n) is 7.70. The lowest BCUT2D eigenvalue weighted by Crippen LogP contribution is -2.04. The van der Waals surface area contributed by atoms with E-state index in [4.69, 9.17) is 5.73 Å². The van der Waals surface area contributed by atoms with Crippen molar-refractivity contribution in [3.05, 3.63) is 53.6 Å². The van der Waals surface area contributed by atoms with Crippen LogP contribution in [0.5, 0.6) is 0 Å². The molecule has 3 rings (SSSR count). The Bertz CT molecular complexity index is 557. The van der Waals surface area contributed by atoms with Crippen LogP contribution in [0.2, 0.25) is 0 Å². The first-order chi connectivity index (χ1) is 9.72. The highest BCUT2D eigenvalue weighted by molar-refractivity contribution is 5.68. The zero-order valence-electron chi connectivity index (χ0n) is 12.2. The van der Waals surface area contributed by atoms with Crippen LogP contribution in [0.1, 0.15) is 49.1 Å². The van der Waals surface area contributed by atoms with Crippen LogP contribution >= 0.6 is 0 Å². The number of nitrogens with two attached hydrogens (primary N) is 1. The van der Waals surface area contributed by atoms with Crippen LogP contribution < -0.4 is 5.73 Å². The second-order valence-electron chi connectivity index (χ2n) is 6.09. The summed E-state index contributed by atoms with van der Waals surface area (Å²) in [5.41, 5.74) is 12.0. The predicted octanol–water partition coefficient (Wildman–Crippen LogP) is 5.29. The van der Waals surface area contributed by atoms with Crippen molar-refractivity contribution in [3.63, 3.8) is 0 Å². The number of benzene rings is 2. The summed E-state index contributed by atoms with van der Waals surface area (Å²) in [6.45, 7) is 2.09. The van der Waals surface area contributed by atoms with Gasteiger partial charge in [-0.2, -0.15) is 0 Å². The van der Waals surface area contributed by atoms with Crippen molar-refractivity contribution in [2.45, 2.75) is 44.9 Å². The van der Waals surface area contributed by atoms with E-state index in [2.05, 4.69) is 43.3 Å². The molecule has 20 heavy (non-hydrogen) atoms. The summed E-state index contributed by atoms with van der Waals surface area (Å²) in [5, 5.41) is 0. The standard InChI is InChI=1S/C19H23N/c1-14-11-18(13-19(20)12-14)17-9-7-16(8-10-17)15-5-3-2-4-6-15/h7-13,15H,2-6,20H2,1H3. The fourth-order valence-electron chi connectivity index (χ4n) is 3.36. The van der Waals surface area contributed by atoms with Crippen molar-refractivity contribution >= 4 is 5.69 Å². The molecule has 0 heterocycles. The van der Waals surface area contributed by atoms with Gasteiger partial charge in [0.1, 0.15) is 0 Å². The van der Waals surface area contributed by atoms with Gasteiger partial charge in [-0.15, -0.1) is 0 Å². The van der Waals surface area contributed by atoms with Gasteiger partial charge in [0.25, 0.3) is 0 Å². The molecule has 1 saturated carbocycles. The summed E-state index contributed by atoms with van der Waals surface area (Å²) < 4.78 is 0. The fourth-order valence-corrected chi connectivity index (χ4v) is 3.36. The molecule has 0 aliphatic heterocycles. The second kappa shape index (κ2) is 5.70. The molecule has 0 aromatic heterocycles. The van der Waals surface area contributed by atoms with E-state index in [1.54, 1.807) is 0 Å². The Morgan fingerprint density at radius 3 is 2.20 bits per heavy atom. The van der Waals surface area contributed by atoms with E-state index in [-0.39, 0.29) is 0 Å². The van der Waals surface area contributed by atoms with Crippen molar-refractivity contribution in [1.82, 2.24) is 0 Å². The van der Waals surface area contributed by atoms with Gasteiger partial charge in [-0.05, 0) is 60.1 Å². The van der Waals surface area contributed by atoms with Gasteiger partial charge in [-0.25, -0.2) is 0 Å². The fraction of sp³-hybridized carbons (Fsp3) is 0.368. The molecule has 1 nitrogen and oxygen atoms in total. The molecule has 1 fully saturated rings. The molecule has 0 atom stereocenters. The lowest BCUT2D eigenvalue weighted by atomic mass is 9.83. The van der Waals surface area contributed by atoms with Crippen LogP contribution in [0, 0.1) is 6.92 Å². The van der Waals surface area contributed by atoms with Gasteiger partial charge in [0.15, 0.2) is 0 Å². The Balaban J connectivity index is 1.85. The maximum atomic E-state index is 5.94. The number of hydrogen-bond acceptors (Lipinski definition) is 1. The summed E-state index contributed by atoms with van der Waals surface area (Å²) in [4.78, 5) is 0. The Labute approximate surface area is 121 Å². The van der Waals surface area contributed by atoms with Crippen LogP contribution in [-0.2, 0) is 0 Å². The molecule has 1 heteroatoms. The van der Waals surface area contributed by atoms with E-state index in [9.17, 15) is 0 Å². The lowest BCUT2D eigenvalue weighted by Gasteiger charge is -2.22. The third kappa shape index (κ3) is 2.87. The minimum atomic E-state index is 0.778. The first kappa shape index (κ1) is 13.2. The minimum Gasteiger partial charge on any atom is -0.399 e. The van der Waals surface area contributed by atoms with Gasteiger partial charge < -0.3 is 5.73 Å². The van der Waals surface area contributed by atoms with Gasteiger partial charge in [-0.1, -0.05) is 49.6 Å². The number of anilines is 1. The summed E-state index contributed by atoms with van der Waals surface area (Å²) in [7, 11) is 0. The molecule has 2 aromatic carbocycles. The molecule has 0 amide bonds. The molecule has 0 bridgehead atoms. The SMILES string of the molecule is Cc1cc(N)cc(-c2ccc(C3CCCCC3)cc2)c1. The lowest BCUT2D eigenvalue weighted by molar-refractivity contribution is 0.443. The van der Waals surface area contributed by atoms with E-state index in [0.717, 1.165) is 11.6 Å².